The van der Waals surface area contributed by atoms with Crippen molar-refractivity contribution in [3.63, 3.8) is 0 Å². The maximum Gasteiger partial charge on any atom is 0.0254 e. The van der Waals surface area contributed by atoms with Crippen LogP contribution in [-0.4, -0.2) is 30.1 Å². The molecule has 2 nitrogen and oxygen atoms in total. The molecule has 0 amide bonds. The number of hydrogen-bond donors (Lipinski definition) is 1. The average Bonchev–Trinajstić information content (AvgIpc) is 2.55. The fourth-order valence-electron chi connectivity index (χ4n) is 2.36. The molecule has 3 unspecified atom stereocenters. The third-order valence-corrected chi connectivity index (χ3v) is 3.30. The Kier molecular flexibility index (Phi) is 1.97. The fraction of sp³-hybridized carbons (Fsp3) is 0.800. The first-order valence-electron chi connectivity index (χ1n) is 4.82. The van der Waals surface area contributed by atoms with Gasteiger partial charge < -0.3 is 5.73 Å². The highest BCUT2D eigenvalue weighted by molar-refractivity contribution is 5.07. The zero-order chi connectivity index (χ0) is 8.72. The molecule has 3 rings (SSSR count). The number of nitrogens with two attached hydrogens (primary N) is 1. The van der Waals surface area contributed by atoms with Gasteiger partial charge in [0.1, 0.15) is 0 Å². The summed E-state index contributed by atoms with van der Waals surface area (Å²) >= 11 is 0. The highest BCUT2D eigenvalue weighted by atomic mass is 15.2. The van der Waals surface area contributed by atoms with Crippen LogP contribution >= 0.6 is 0 Å². The van der Waals surface area contributed by atoms with Gasteiger partial charge in [-0.15, -0.1) is 6.58 Å². The molecular weight excluding hydrogens is 148 g/mol. The summed E-state index contributed by atoms with van der Waals surface area (Å²) in [7, 11) is 0. The lowest BCUT2D eigenvalue weighted by Crippen LogP contribution is -2.49. The molecule has 2 saturated heterocycles. The molecule has 2 heterocycles. The zero-order valence-corrected chi connectivity index (χ0v) is 7.79. The van der Waals surface area contributed by atoms with Gasteiger partial charge in [0, 0.05) is 25.2 Å². The zero-order valence-electron chi connectivity index (χ0n) is 7.79. The van der Waals surface area contributed by atoms with Gasteiger partial charge in [0.2, 0.25) is 0 Å². The van der Waals surface area contributed by atoms with E-state index in [-0.39, 0.29) is 0 Å². The third kappa shape index (κ3) is 1.19. The molecule has 2 heteroatoms. The van der Waals surface area contributed by atoms with Crippen LogP contribution < -0.4 is 5.73 Å². The van der Waals surface area contributed by atoms with Crippen LogP contribution in [0.4, 0.5) is 0 Å². The number of nitrogens with zero attached hydrogens (tertiary/aromatic N) is 1. The van der Waals surface area contributed by atoms with Gasteiger partial charge >= 0.3 is 0 Å². The SMILES string of the molecule is C=C(C)CCN1CC2CC1C2N. The Morgan fingerprint density at radius 2 is 2.42 bits per heavy atom. The molecule has 3 fully saturated rings. The molecule has 68 valence electrons. The summed E-state index contributed by atoms with van der Waals surface area (Å²) in [5.41, 5.74) is 7.25. The lowest BCUT2D eigenvalue weighted by Gasteiger charge is -2.33. The molecule has 12 heavy (non-hydrogen) atoms. The van der Waals surface area contributed by atoms with Crippen molar-refractivity contribution in [2.75, 3.05) is 13.1 Å². The molecule has 2 aliphatic heterocycles. The topological polar surface area (TPSA) is 29.3 Å². The Bertz CT molecular complexity index is 200. The molecule has 2 bridgehead atoms. The Morgan fingerprint density at radius 1 is 1.67 bits per heavy atom. The maximum absolute atomic E-state index is 5.96. The van der Waals surface area contributed by atoms with E-state index in [0.717, 1.165) is 12.3 Å². The van der Waals surface area contributed by atoms with Crippen molar-refractivity contribution in [3.8, 4) is 0 Å². The molecule has 0 aromatic carbocycles. The van der Waals surface area contributed by atoms with Crippen LogP contribution in [0.25, 0.3) is 0 Å². The molecule has 0 radical (unpaired) electrons. The van der Waals surface area contributed by atoms with E-state index in [1.54, 1.807) is 0 Å². The summed E-state index contributed by atoms with van der Waals surface area (Å²) in [5, 5.41) is 0. The minimum Gasteiger partial charge on any atom is -0.326 e. The van der Waals surface area contributed by atoms with Crippen LogP contribution in [0.1, 0.15) is 19.8 Å². The molecule has 1 aliphatic carbocycles. The van der Waals surface area contributed by atoms with Crippen LogP contribution in [0.15, 0.2) is 12.2 Å². The van der Waals surface area contributed by atoms with E-state index in [2.05, 4.69) is 18.4 Å². The Hall–Kier alpha value is -0.340. The van der Waals surface area contributed by atoms with Crippen molar-refractivity contribution < 1.29 is 0 Å². The van der Waals surface area contributed by atoms with Crippen molar-refractivity contribution in [1.29, 1.82) is 0 Å². The maximum atomic E-state index is 5.96. The average molecular weight is 166 g/mol. The minimum absolute atomic E-state index is 0.482. The van der Waals surface area contributed by atoms with Gasteiger partial charge in [-0.3, -0.25) is 4.90 Å². The minimum atomic E-state index is 0.482. The standard InChI is InChI=1S/C10H18N2/c1-7(2)3-4-12-6-8-5-9(12)10(8)11/h8-10H,1,3-6,11H2,2H3. The van der Waals surface area contributed by atoms with Crippen LogP contribution in [0, 0.1) is 5.92 Å². The van der Waals surface area contributed by atoms with E-state index in [0.29, 0.717) is 12.1 Å². The quantitative estimate of drug-likeness (QED) is 0.633. The first kappa shape index (κ1) is 8.27. The van der Waals surface area contributed by atoms with Crippen molar-refractivity contribution in [1.82, 2.24) is 4.90 Å². The van der Waals surface area contributed by atoms with E-state index in [1.807, 2.05) is 0 Å². The fourth-order valence-corrected chi connectivity index (χ4v) is 2.36. The molecule has 0 aromatic heterocycles. The summed E-state index contributed by atoms with van der Waals surface area (Å²) in [5.74, 6) is 0.806. The molecular formula is C10H18N2. The monoisotopic (exact) mass is 166 g/mol. The van der Waals surface area contributed by atoms with E-state index in [1.165, 1.54) is 25.1 Å². The van der Waals surface area contributed by atoms with E-state index >= 15 is 0 Å². The first-order valence-corrected chi connectivity index (χ1v) is 4.82. The van der Waals surface area contributed by atoms with Gasteiger partial charge in [-0.2, -0.15) is 0 Å². The van der Waals surface area contributed by atoms with Gasteiger partial charge in [-0.1, -0.05) is 5.57 Å². The van der Waals surface area contributed by atoms with Crippen molar-refractivity contribution in [2.45, 2.75) is 31.8 Å². The van der Waals surface area contributed by atoms with Crippen LogP contribution in [0.5, 0.6) is 0 Å². The number of rotatable bonds is 3. The predicted octanol–water partition coefficient (Wildman–Crippen LogP) is 0.984. The third-order valence-electron chi connectivity index (χ3n) is 3.30. The van der Waals surface area contributed by atoms with Crippen LogP contribution in [0.3, 0.4) is 0 Å². The van der Waals surface area contributed by atoms with E-state index < -0.39 is 0 Å². The summed E-state index contributed by atoms with van der Waals surface area (Å²) in [6, 6.07) is 1.18. The lowest BCUT2D eigenvalue weighted by atomic mass is 9.81. The lowest BCUT2D eigenvalue weighted by molar-refractivity contribution is 0.215. The highest BCUT2D eigenvalue weighted by Gasteiger charge is 2.49. The number of fused-ring (bicyclic) bond motifs is 1. The molecule has 3 aliphatic rings. The first-order chi connectivity index (χ1) is 5.68. The molecule has 3 atom stereocenters. The Balaban J connectivity index is 1.80. The second-order valence-electron chi connectivity index (χ2n) is 4.34. The Morgan fingerprint density at radius 3 is 2.83 bits per heavy atom. The van der Waals surface area contributed by atoms with E-state index in [4.69, 9.17) is 5.73 Å². The molecule has 0 spiro atoms. The summed E-state index contributed by atoms with van der Waals surface area (Å²) in [4.78, 5) is 2.53. The number of hydrogen-bond acceptors (Lipinski definition) is 2. The molecule has 0 aromatic rings. The highest BCUT2D eigenvalue weighted by Crippen LogP contribution is 2.39. The summed E-state index contributed by atoms with van der Waals surface area (Å²) < 4.78 is 0. The van der Waals surface area contributed by atoms with E-state index in [9.17, 15) is 0 Å². The van der Waals surface area contributed by atoms with Gasteiger partial charge in [-0.25, -0.2) is 0 Å². The second-order valence-corrected chi connectivity index (χ2v) is 4.34. The van der Waals surface area contributed by atoms with Gasteiger partial charge in [-0.05, 0) is 25.7 Å². The van der Waals surface area contributed by atoms with Gasteiger partial charge in [0.15, 0.2) is 0 Å². The van der Waals surface area contributed by atoms with Crippen molar-refractivity contribution in [2.24, 2.45) is 11.7 Å². The van der Waals surface area contributed by atoms with Gasteiger partial charge in [0.05, 0.1) is 0 Å². The smallest absolute Gasteiger partial charge is 0.0254 e. The summed E-state index contributed by atoms with van der Waals surface area (Å²) in [6.07, 6.45) is 2.48. The van der Waals surface area contributed by atoms with Crippen LogP contribution in [0.2, 0.25) is 0 Å². The largest absolute Gasteiger partial charge is 0.326 e. The Labute approximate surface area is 74.4 Å². The predicted molar refractivity (Wildman–Crippen MR) is 50.9 cm³/mol. The molecule has 1 saturated carbocycles. The van der Waals surface area contributed by atoms with Crippen molar-refractivity contribution in [3.05, 3.63) is 12.2 Å². The molecule has 2 N–H and O–H groups in total. The normalized spacial score (nSPS) is 39.7. The summed E-state index contributed by atoms with van der Waals surface area (Å²) in [6.45, 7) is 8.42. The van der Waals surface area contributed by atoms with Gasteiger partial charge in [0.25, 0.3) is 0 Å². The second kappa shape index (κ2) is 2.86. The van der Waals surface area contributed by atoms with Crippen LogP contribution in [-0.2, 0) is 0 Å². The van der Waals surface area contributed by atoms with Crippen molar-refractivity contribution >= 4 is 0 Å².